The second-order valence-corrected chi connectivity index (χ2v) is 6.61. The molecule has 2 aromatic rings. The molecule has 0 saturated heterocycles. The summed E-state index contributed by atoms with van der Waals surface area (Å²) in [5, 5.41) is 15.4. The van der Waals surface area contributed by atoms with E-state index in [1.54, 1.807) is 6.07 Å². The van der Waals surface area contributed by atoms with Crippen molar-refractivity contribution in [3.63, 3.8) is 0 Å². The topological polar surface area (TPSA) is 128 Å². The highest BCUT2D eigenvalue weighted by molar-refractivity contribution is 7.17. The third-order valence-electron chi connectivity index (χ3n) is 3.63. The molecule has 0 fully saturated rings. The van der Waals surface area contributed by atoms with Crippen molar-refractivity contribution in [3.8, 4) is 0 Å². The van der Waals surface area contributed by atoms with Gasteiger partial charge in [0, 0.05) is 11.8 Å². The number of anilines is 1. The summed E-state index contributed by atoms with van der Waals surface area (Å²) in [6, 6.07) is 7.91. The van der Waals surface area contributed by atoms with Gasteiger partial charge in [0.05, 0.1) is 11.5 Å². The van der Waals surface area contributed by atoms with Gasteiger partial charge in [0.15, 0.2) is 6.61 Å². The van der Waals surface area contributed by atoms with E-state index in [0.29, 0.717) is 17.0 Å². The summed E-state index contributed by atoms with van der Waals surface area (Å²) < 4.78 is 4.77. The van der Waals surface area contributed by atoms with Crippen molar-refractivity contribution in [3.05, 3.63) is 56.5 Å². The minimum atomic E-state index is -0.844. The lowest BCUT2D eigenvalue weighted by Crippen LogP contribution is -2.35. The van der Waals surface area contributed by atoms with Crippen molar-refractivity contribution in [2.75, 3.05) is 18.5 Å². The lowest BCUT2D eigenvalue weighted by Gasteiger charge is -2.11. The van der Waals surface area contributed by atoms with Crippen LogP contribution in [0.5, 0.6) is 0 Å². The van der Waals surface area contributed by atoms with E-state index in [9.17, 15) is 24.5 Å². The molecule has 0 atom stereocenters. The Morgan fingerprint density at radius 2 is 1.89 bits per heavy atom. The summed E-state index contributed by atoms with van der Waals surface area (Å²) in [5.41, 5.74) is 2.61. The molecule has 0 aliphatic rings. The number of amides is 2. The first-order chi connectivity index (χ1) is 12.8. The molecule has 0 unspecified atom stereocenters. The summed E-state index contributed by atoms with van der Waals surface area (Å²) in [4.78, 5) is 45.3. The minimum absolute atomic E-state index is 0.0159. The number of aryl methyl sites for hydroxylation is 1. The van der Waals surface area contributed by atoms with Crippen molar-refractivity contribution < 1.29 is 24.0 Å². The molecule has 9 nitrogen and oxygen atoms in total. The molecule has 1 aromatic heterocycles. The Kier molecular flexibility index (Phi) is 6.61. The molecule has 2 amide bonds. The number of hydrogen-bond acceptors (Lipinski definition) is 7. The van der Waals surface area contributed by atoms with E-state index in [0.717, 1.165) is 11.1 Å². The van der Waals surface area contributed by atoms with E-state index in [2.05, 4.69) is 10.6 Å². The number of ether oxygens (including phenoxy) is 1. The van der Waals surface area contributed by atoms with Crippen LogP contribution in [0.15, 0.2) is 30.3 Å². The molecule has 0 radical (unpaired) electrons. The zero-order valence-corrected chi connectivity index (χ0v) is 15.4. The summed E-state index contributed by atoms with van der Waals surface area (Å²) in [6.45, 7) is 2.91. The van der Waals surface area contributed by atoms with Crippen LogP contribution < -0.4 is 10.6 Å². The van der Waals surface area contributed by atoms with Gasteiger partial charge >= 0.3 is 11.0 Å². The third-order valence-corrected chi connectivity index (χ3v) is 4.65. The summed E-state index contributed by atoms with van der Waals surface area (Å²) in [6.07, 6.45) is 0. The van der Waals surface area contributed by atoms with E-state index in [1.807, 2.05) is 26.0 Å². The van der Waals surface area contributed by atoms with E-state index in [-0.39, 0.29) is 16.4 Å². The summed E-state index contributed by atoms with van der Waals surface area (Å²) in [5.74, 6) is -1.93. The number of benzene rings is 1. The Balaban J connectivity index is 1.76. The van der Waals surface area contributed by atoms with Gasteiger partial charge in [-0.1, -0.05) is 23.5 Å². The average Bonchev–Trinajstić information content (AvgIpc) is 3.12. The van der Waals surface area contributed by atoms with Gasteiger partial charge in [-0.3, -0.25) is 19.7 Å². The molecule has 0 bridgehead atoms. The van der Waals surface area contributed by atoms with Gasteiger partial charge < -0.3 is 15.4 Å². The number of nitro groups is 1. The van der Waals surface area contributed by atoms with Gasteiger partial charge in [0.2, 0.25) is 5.91 Å². The van der Waals surface area contributed by atoms with Crippen molar-refractivity contribution in [1.29, 1.82) is 0 Å². The lowest BCUT2D eigenvalue weighted by molar-refractivity contribution is -0.380. The molecule has 27 heavy (non-hydrogen) atoms. The SMILES string of the molecule is Cc1cccc(NC(=O)CNC(=O)COC(=O)c2ccc([N+](=O)[O-])s2)c1C. The normalized spacial score (nSPS) is 10.1. The minimum Gasteiger partial charge on any atom is -0.451 e. The average molecular weight is 391 g/mol. The smallest absolute Gasteiger partial charge is 0.349 e. The molecule has 0 aliphatic heterocycles. The van der Waals surface area contributed by atoms with Crippen LogP contribution in [0.25, 0.3) is 0 Å². The summed E-state index contributed by atoms with van der Waals surface area (Å²) in [7, 11) is 0. The molecule has 2 N–H and O–H groups in total. The Labute approximate surface area is 158 Å². The monoisotopic (exact) mass is 391 g/mol. The van der Waals surface area contributed by atoms with Crippen LogP contribution in [0.4, 0.5) is 10.7 Å². The van der Waals surface area contributed by atoms with E-state index < -0.39 is 29.3 Å². The van der Waals surface area contributed by atoms with Gasteiger partial charge in [0.1, 0.15) is 4.88 Å². The van der Waals surface area contributed by atoms with Crippen molar-refractivity contribution in [1.82, 2.24) is 5.32 Å². The zero-order chi connectivity index (χ0) is 20.0. The number of rotatable bonds is 7. The molecule has 0 spiro atoms. The number of carbonyl (C=O) groups excluding carboxylic acids is 3. The number of thiophene rings is 1. The molecule has 1 heterocycles. The van der Waals surface area contributed by atoms with E-state index in [1.165, 1.54) is 12.1 Å². The molecule has 2 rings (SSSR count). The van der Waals surface area contributed by atoms with Crippen molar-refractivity contribution >= 4 is 39.8 Å². The predicted octanol–water partition coefficient (Wildman–Crippen LogP) is 2.18. The Morgan fingerprint density at radius 1 is 1.15 bits per heavy atom. The first-order valence-electron chi connectivity index (χ1n) is 7.82. The van der Waals surface area contributed by atoms with Crippen LogP contribution in [0.2, 0.25) is 0 Å². The van der Waals surface area contributed by atoms with E-state index in [4.69, 9.17) is 4.74 Å². The first kappa shape index (κ1) is 20.0. The number of carbonyl (C=O) groups is 3. The van der Waals surface area contributed by atoms with Crippen LogP contribution in [-0.2, 0) is 14.3 Å². The maximum absolute atomic E-state index is 11.9. The molecular formula is C17H17N3O6S. The fraction of sp³-hybridized carbons (Fsp3) is 0.235. The predicted molar refractivity (Wildman–Crippen MR) is 98.8 cm³/mol. The Hall–Kier alpha value is -3.27. The fourth-order valence-corrected chi connectivity index (χ4v) is 2.76. The van der Waals surface area contributed by atoms with Crippen LogP contribution in [0.3, 0.4) is 0 Å². The number of nitrogens with one attached hydrogen (secondary N) is 2. The van der Waals surface area contributed by atoms with Crippen molar-refractivity contribution in [2.45, 2.75) is 13.8 Å². The van der Waals surface area contributed by atoms with Crippen molar-refractivity contribution in [2.24, 2.45) is 0 Å². The molecule has 142 valence electrons. The standard InChI is InChI=1S/C17H17N3O6S/c1-10-4-3-5-12(11(10)2)19-14(21)8-18-15(22)9-26-17(23)13-6-7-16(27-13)20(24)25/h3-7H,8-9H2,1-2H3,(H,18,22)(H,19,21). The van der Waals surface area contributed by atoms with Gasteiger partial charge in [0.25, 0.3) is 5.91 Å². The molecular weight excluding hydrogens is 374 g/mol. The quantitative estimate of drug-likeness (QED) is 0.423. The third kappa shape index (κ3) is 5.61. The largest absolute Gasteiger partial charge is 0.451 e. The second-order valence-electron chi connectivity index (χ2n) is 5.54. The van der Waals surface area contributed by atoms with Crippen LogP contribution in [0.1, 0.15) is 20.8 Å². The summed E-state index contributed by atoms with van der Waals surface area (Å²) >= 11 is 0.653. The lowest BCUT2D eigenvalue weighted by atomic mass is 10.1. The van der Waals surface area contributed by atoms with Crippen LogP contribution in [-0.4, -0.2) is 35.9 Å². The van der Waals surface area contributed by atoms with Gasteiger partial charge in [-0.05, 0) is 37.1 Å². The maximum atomic E-state index is 11.9. The van der Waals surface area contributed by atoms with Crippen LogP contribution in [0, 0.1) is 24.0 Å². The molecule has 1 aromatic carbocycles. The van der Waals surface area contributed by atoms with Gasteiger partial charge in [-0.25, -0.2) is 4.79 Å². The number of esters is 1. The van der Waals surface area contributed by atoms with Crippen LogP contribution >= 0.6 is 11.3 Å². The second kappa shape index (κ2) is 8.90. The molecule has 0 aliphatic carbocycles. The molecule has 0 saturated carbocycles. The van der Waals surface area contributed by atoms with Gasteiger partial charge in [-0.15, -0.1) is 0 Å². The molecule has 10 heteroatoms. The van der Waals surface area contributed by atoms with E-state index >= 15 is 0 Å². The fourth-order valence-electron chi connectivity index (χ4n) is 2.05. The highest BCUT2D eigenvalue weighted by Gasteiger charge is 2.17. The van der Waals surface area contributed by atoms with Gasteiger partial charge in [-0.2, -0.15) is 0 Å². The Morgan fingerprint density at radius 3 is 2.56 bits per heavy atom. The number of nitrogens with zero attached hydrogens (tertiary/aromatic N) is 1. The first-order valence-corrected chi connectivity index (χ1v) is 8.63. The number of hydrogen-bond donors (Lipinski definition) is 2. The highest BCUT2D eigenvalue weighted by Crippen LogP contribution is 2.24. The highest BCUT2D eigenvalue weighted by atomic mass is 32.1. The zero-order valence-electron chi connectivity index (χ0n) is 14.6. The maximum Gasteiger partial charge on any atom is 0.349 e. The Bertz CT molecular complexity index is 893.